The molecule has 0 saturated heterocycles. The summed E-state index contributed by atoms with van der Waals surface area (Å²) in [6, 6.07) is 9.14. The fourth-order valence-electron chi connectivity index (χ4n) is 1.96. The van der Waals surface area contributed by atoms with Crippen LogP contribution in [0, 0.1) is 0 Å². The molecule has 0 aliphatic heterocycles. The van der Waals surface area contributed by atoms with Crippen LogP contribution in [0.2, 0.25) is 0 Å². The normalized spacial score (nSPS) is 11.7. The molecular weight excluding hydrogens is 294 g/mol. The molecule has 2 N–H and O–H groups in total. The summed E-state index contributed by atoms with van der Waals surface area (Å²) in [5.74, 6) is 1.12. The van der Waals surface area contributed by atoms with Crippen LogP contribution in [0.3, 0.4) is 0 Å². The number of phenols is 1. The van der Waals surface area contributed by atoms with Crippen LogP contribution < -0.4 is 5.32 Å². The van der Waals surface area contributed by atoms with Crippen LogP contribution in [-0.2, 0) is 0 Å². The van der Waals surface area contributed by atoms with Crippen molar-refractivity contribution < 1.29 is 5.11 Å². The molecule has 3 rings (SSSR count). The quantitative estimate of drug-likeness (QED) is 0.710. The molecular formula is C17H15N3OS. The zero-order chi connectivity index (χ0) is 15.4. The van der Waals surface area contributed by atoms with Gasteiger partial charge in [0, 0.05) is 13.2 Å². The molecule has 3 aromatic rings. The first kappa shape index (κ1) is 14.3. The van der Waals surface area contributed by atoms with Gasteiger partial charge in [-0.3, -0.25) is 0 Å². The van der Waals surface area contributed by atoms with Crippen LogP contribution in [0.4, 0.5) is 5.82 Å². The van der Waals surface area contributed by atoms with Crippen LogP contribution in [0.15, 0.2) is 48.7 Å². The van der Waals surface area contributed by atoms with Gasteiger partial charge in [-0.05, 0) is 42.0 Å². The number of hydrogen-bond acceptors (Lipinski definition) is 5. The fourth-order valence-corrected chi connectivity index (χ4v) is 2.87. The number of nitrogens with one attached hydrogen (secondary N) is 1. The maximum Gasteiger partial charge on any atom is 0.125 e. The Morgan fingerprint density at radius 3 is 2.77 bits per heavy atom. The van der Waals surface area contributed by atoms with Crippen molar-refractivity contribution >= 4 is 39.5 Å². The highest BCUT2D eigenvalue weighted by Gasteiger charge is 2.01. The molecule has 2 heterocycles. The Morgan fingerprint density at radius 1 is 1.14 bits per heavy atom. The number of anilines is 1. The van der Waals surface area contributed by atoms with Gasteiger partial charge in [-0.2, -0.15) is 0 Å². The smallest absolute Gasteiger partial charge is 0.125 e. The van der Waals surface area contributed by atoms with E-state index >= 15 is 0 Å². The largest absolute Gasteiger partial charge is 0.508 e. The van der Waals surface area contributed by atoms with Crippen LogP contribution in [-0.4, -0.2) is 22.1 Å². The Kier molecular flexibility index (Phi) is 4.16. The van der Waals surface area contributed by atoms with Gasteiger partial charge in [-0.1, -0.05) is 18.2 Å². The van der Waals surface area contributed by atoms with E-state index in [9.17, 15) is 5.11 Å². The van der Waals surface area contributed by atoms with E-state index in [4.69, 9.17) is 0 Å². The number of pyridine rings is 1. The first-order valence-electron chi connectivity index (χ1n) is 6.83. The van der Waals surface area contributed by atoms with Gasteiger partial charge in [0.25, 0.3) is 0 Å². The molecule has 0 fully saturated rings. The van der Waals surface area contributed by atoms with E-state index in [0.29, 0.717) is 0 Å². The minimum absolute atomic E-state index is 0.268. The van der Waals surface area contributed by atoms with Crippen molar-refractivity contribution in [3.05, 3.63) is 59.3 Å². The number of benzene rings is 1. The summed E-state index contributed by atoms with van der Waals surface area (Å²) in [4.78, 5) is 8.74. The van der Waals surface area contributed by atoms with Crippen LogP contribution in [0.5, 0.6) is 5.75 Å². The number of phenolic OH excluding ortho intramolecular Hbond substituents is 1. The molecule has 2 aromatic heterocycles. The van der Waals surface area contributed by atoms with Crippen LogP contribution >= 0.6 is 11.3 Å². The second kappa shape index (κ2) is 6.41. The molecule has 5 heteroatoms. The third-order valence-electron chi connectivity index (χ3n) is 3.07. The molecule has 0 unspecified atom stereocenters. The minimum Gasteiger partial charge on any atom is -0.508 e. The molecule has 22 heavy (non-hydrogen) atoms. The predicted octanol–water partition coefficient (Wildman–Crippen LogP) is 4.17. The average Bonchev–Trinajstić information content (AvgIpc) is 2.94. The van der Waals surface area contributed by atoms with E-state index in [-0.39, 0.29) is 5.75 Å². The van der Waals surface area contributed by atoms with Crippen molar-refractivity contribution in [3.8, 4) is 5.75 Å². The molecule has 0 aliphatic carbocycles. The number of rotatable bonds is 4. The Balaban J connectivity index is 1.70. The lowest BCUT2D eigenvalue weighted by Crippen LogP contribution is -1.90. The van der Waals surface area contributed by atoms with Gasteiger partial charge in [0.2, 0.25) is 0 Å². The summed E-state index contributed by atoms with van der Waals surface area (Å²) < 4.78 is 0.982. The number of allylic oxidation sites excluding steroid dienone is 2. The number of fused-ring (bicyclic) bond motifs is 1. The number of aromatic hydroxyl groups is 1. The van der Waals surface area contributed by atoms with E-state index in [2.05, 4.69) is 15.3 Å². The third-order valence-corrected chi connectivity index (χ3v) is 4.05. The van der Waals surface area contributed by atoms with Crippen molar-refractivity contribution in [3.63, 3.8) is 0 Å². The summed E-state index contributed by atoms with van der Waals surface area (Å²) in [5, 5.41) is 13.4. The van der Waals surface area contributed by atoms with Gasteiger partial charge < -0.3 is 10.4 Å². The van der Waals surface area contributed by atoms with Gasteiger partial charge >= 0.3 is 0 Å². The molecule has 0 aliphatic rings. The zero-order valence-corrected chi connectivity index (χ0v) is 12.8. The van der Waals surface area contributed by atoms with E-state index in [1.807, 2.05) is 55.7 Å². The number of nitrogens with zero attached hydrogens (tertiary/aromatic N) is 2. The van der Waals surface area contributed by atoms with E-state index in [0.717, 1.165) is 26.6 Å². The molecule has 0 spiro atoms. The number of thiazole rings is 1. The molecule has 1 aromatic carbocycles. The lowest BCUT2D eigenvalue weighted by Gasteiger charge is -1.97. The summed E-state index contributed by atoms with van der Waals surface area (Å²) in [6.45, 7) is 0. The van der Waals surface area contributed by atoms with Crippen molar-refractivity contribution in [2.24, 2.45) is 0 Å². The summed E-state index contributed by atoms with van der Waals surface area (Å²) in [7, 11) is 1.85. The summed E-state index contributed by atoms with van der Waals surface area (Å²) in [5.41, 5.74) is 1.94. The van der Waals surface area contributed by atoms with E-state index < -0.39 is 0 Å². The summed E-state index contributed by atoms with van der Waals surface area (Å²) >= 11 is 1.55. The molecule has 0 atom stereocenters. The van der Waals surface area contributed by atoms with Crippen molar-refractivity contribution in [1.29, 1.82) is 0 Å². The lowest BCUT2D eigenvalue weighted by atomic mass is 10.2. The molecule has 110 valence electrons. The van der Waals surface area contributed by atoms with Crippen molar-refractivity contribution in [2.75, 3.05) is 12.4 Å². The Labute approximate surface area is 132 Å². The number of aromatic nitrogens is 2. The average molecular weight is 309 g/mol. The highest BCUT2D eigenvalue weighted by molar-refractivity contribution is 7.19. The predicted molar refractivity (Wildman–Crippen MR) is 93.1 cm³/mol. The van der Waals surface area contributed by atoms with E-state index in [1.54, 1.807) is 23.5 Å². The monoisotopic (exact) mass is 309 g/mol. The Hall–Kier alpha value is -2.66. The van der Waals surface area contributed by atoms with Gasteiger partial charge in [0.15, 0.2) is 0 Å². The maximum atomic E-state index is 9.46. The lowest BCUT2D eigenvalue weighted by molar-refractivity contribution is 0.476. The second-order valence-electron chi connectivity index (χ2n) is 4.65. The van der Waals surface area contributed by atoms with Crippen LogP contribution in [0.1, 0.15) is 10.6 Å². The molecule has 4 nitrogen and oxygen atoms in total. The molecule has 0 amide bonds. The molecule has 0 bridgehead atoms. The standard InChI is InChI=1S/C17H15N3OS/c1-18-16-9-6-12(11-19-16)4-2-3-5-17-20-14-8-7-13(21)10-15(14)22-17/h2-11,21H,1H3,(H,18,19). The third kappa shape index (κ3) is 3.32. The Morgan fingerprint density at radius 2 is 2.00 bits per heavy atom. The minimum atomic E-state index is 0.268. The second-order valence-corrected chi connectivity index (χ2v) is 5.71. The van der Waals surface area contributed by atoms with Crippen molar-refractivity contribution in [2.45, 2.75) is 0 Å². The van der Waals surface area contributed by atoms with Gasteiger partial charge in [-0.25, -0.2) is 9.97 Å². The topological polar surface area (TPSA) is 58.0 Å². The first-order chi connectivity index (χ1) is 10.7. The zero-order valence-electron chi connectivity index (χ0n) is 12.0. The van der Waals surface area contributed by atoms with Crippen molar-refractivity contribution in [1.82, 2.24) is 9.97 Å². The maximum absolute atomic E-state index is 9.46. The van der Waals surface area contributed by atoms with Gasteiger partial charge in [-0.15, -0.1) is 11.3 Å². The van der Waals surface area contributed by atoms with Crippen LogP contribution in [0.25, 0.3) is 22.4 Å². The fraction of sp³-hybridized carbons (Fsp3) is 0.0588. The molecule has 0 radical (unpaired) electrons. The SMILES string of the molecule is CNc1ccc(C=CC=Cc2nc3ccc(O)cc3s2)cn1. The summed E-state index contributed by atoms with van der Waals surface area (Å²) in [6.07, 6.45) is 9.66. The highest BCUT2D eigenvalue weighted by Crippen LogP contribution is 2.26. The first-order valence-corrected chi connectivity index (χ1v) is 7.64. The van der Waals surface area contributed by atoms with Gasteiger partial charge in [0.05, 0.1) is 10.2 Å². The van der Waals surface area contributed by atoms with Gasteiger partial charge in [0.1, 0.15) is 16.6 Å². The molecule has 0 saturated carbocycles. The Bertz CT molecular complexity index is 835. The number of hydrogen-bond donors (Lipinski definition) is 2. The highest BCUT2D eigenvalue weighted by atomic mass is 32.1. The van der Waals surface area contributed by atoms with E-state index in [1.165, 1.54) is 0 Å².